The molecule has 2 aliphatic carbocycles. The molecule has 2 aliphatic heterocycles. The summed E-state index contributed by atoms with van der Waals surface area (Å²) >= 11 is 6.62. The minimum absolute atomic E-state index is 0.0951. The molecule has 2 N–H and O–H groups in total. The van der Waals surface area contributed by atoms with E-state index in [1.807, 2.05) is 30.5 Å². The number of hydrogen-bond acceptors (Lipinski definition) is 8. The summed E-state index contributed by atoms with van der Waals surface area (Å²) in [4.78, 5) is 45.1. The normalized spacial score (nSPS) is 19.5. The van der Waals surface area contributed by atoms with E-state index in [-0.39, 0.29) is 23.8 Å². The van der Waals surface area contributed by atoms with E-state index in [0.717, 1.165) is 144 Å². The van der Waals surface area contributed by atoms with Gasteiger partial charge < -0.3 is 20.1 Å². The van der Waals surface area contributed by atoms with Gasteiger partial charge >= 0.3 is 0 Å². The van der Waals surface area contributed by atoms with E-state index in [1.54, 1.807) is 6.07 Å². The average molecular weight is 962 g/mol. The number of carbonyl (C=O) groups excluding carboxylic acids is 3. The maximum atomic E-state index is 13.5. The number of fused-ring (bicyclic) bond motifs is 2. The zero-order chi connectivity index (χ0) is 47.8. The van der Waals surface area contributed by atoms with Crippen molar-refractivity contribution in [3.8, 4) is 0 Å². The van der Waals surface area contributed by atoms with Crippen molar-refractivity contribution < 1.29 is 23.9 Å². The first-order valence-electron chi connectivity index (χ1n) is 25.7. The van der Waals surface area contributed by atoms with Crippen molar-refractivity contribution in [1.82, 2.24) is 15.2 Å². The van der Waals surface area contributed by atoms with Gasteiger partial charge in [-0.25, -0.2) is 4.79 Å². The fourth-order valence-electron chi connectivity index (χ4n) is 10.7. The van der Waals surface area contributed by atoms with Gasteiger partial charge in [0, 0.05) is 66.3 Å². The lowest BCUT2D eigenvalue weighted by Gasteiger charge is -2.34. The van der Waals surface area contributed by atoms with Crippen LogP contribution < -0.4 is 10.6 Å². The Hall–Kier alpha value is -4.36. The van der Waals surface area contributed by atoms with Gasteiger partial charge in [-0.05, 0) is 173 Å². The summed E-state index contributed by atoms with van der Waals surface area (Å²) in [6, 6.07) is 13.5. The molecule has 7 rings (SSSR count). The molecule has 3 aromatic rings. The number of pyridine rings is 1. The average Bonchev–Trinajstić information content (AvgIpc) is 3.60. The molecule has 3 unspecified atom stereocenters. The number of halogens is 1. The Bertz CT molecular complexity index is 2330. The maximum absolute atomic E-state index is 13.5. The van der Waals surface area contributed by atoms with Gasteiger partial charge in [0.2, 0.25) is 0 Å². The summed E-state index contributed by atoms with van der Waals surface area (Å²) in [6.45, 7) is 13.2. The predicted molar refractivity (Wildman–Crippen MR) is 280 cm³/mol. The zero-order valence-corrected chi connectivity index (χ0v) is 42.4. The van der Waals surface area contributed by atoms with Gasteiger partial charge in [0.25, 0.3) is 11.8 Å². The van der Waals surface area contributed by atoms with Crippen LogP contribution in [0, 0.1) is 11.8 Å². The molecule has 0 bridgehead atoms. The van der Waals surface area contributed by atoms with Crippen LogP contribution in [0.25, 0.3) is 6.08 Å². The van der Waals surface area contributed by atoms with Gasteiger partial charge in [0.05, 0.1) is 17.2 Å². The van der Waals surface area contributed by atoms with E-state index in [1.165, 1.54) is 52.7 Å². The Morgan fingerprint density at radius 2 is 1.51 bits per heavy atom. The molecule has 2 aromatic carbocycles. The van der Waals surface area contributed by atoms with Crippen LogP contribution in [0.5, 0.6) is 0 Å². The van der Waals surface area contributed by atoms with E-state index in [9.17, 15) is 14.4 Å². The lowest BCUT2D eigenvalue weighted by atomic mass is 9.72. The predicted octanol–water partition coefficient (Wildman–Crippen LogP) is 13.1. The molecule has 0 radical (unpaired) electrons. The lowest BCUT2D eigenvalue weighted by Crippen LogP contribution is -2.46. The minimum Gasteiger partial charge on any atom is -0.381 e. The molecule has 4 aliphatic rings. The van der Waals surface area contributed by atoms with Crippen molar-refractivity contribution in [2.75, 3.05) is 31.7 Å². The minimum atomic E-state index is -0.340. The number of rotatable bonds is 26. The van der Waals surface area contributed by atoms with E-state index < -0.39 is 0 Å². The molecule has 3 atom stereocenters. The van der Waals surface area contributed by atoms with Crippen molar-refractivity contribution >= 4 is 50.4 Å². The molecule has 0 spiro atoms. The number of hydrogen-bond donors (Lipinski definition) is 2. The van der Waals surface area contributed by atoms with Gasteiger partial charge in [-0.3, -0.25) is 19.5 Å². The number of aryl methyl sites for hydroxylation is 3. The standard InChI is InChI=1S/C57H74ClN4O5P/c1-39-20-29-54(41(3)60-39)62-56(64)49-19-14-17-44(55(49)57(62)65)16-10-7-5-4-6-8-11-32-66-33-12-9-13-34-67-35-15-18-45-36-46(25-27-51(45)58)61-53(38-63)40(2)42-21-23-43(24-22-42)48-30-31-59-52-28-26-47(68)37-50(48)52/h14,17,19,25,27,30-31,36-37,40,42-43,54,60-61H,1,3-13,15-16,18,20-24,26,28-29,32-35,68H2,2H3. The van der Waals surface area contributed by atoms with Crippen LogP contribution >= 0.6 is 20.8 Å². The fourth-order valence-corrected chi connectivity index (χ4v) is 11.3. The molecule has 1 saturated carbocycles. The molecular formula is C57H74ClN4O5P. The number of unbranched alkanes of at least 4 members (excludes halogenated alkanes) is 8. The largest absolute Gasteiger partial charge is 0.381 e. The summed E-state index contributed by atoms with van der Waals surface area (Å²) in [7, 11) is 2.89. The van der Waals surface area contributed by atoms with Crippen LogP contribution in [0.3, 0.4) is 0 Å². The Labute approximate surface area is 413 Å². The van der Waals surface area contributed by atoms with Crippen molar-refractivity contribution in [3.05, 3.63) is 128 Å². The van der Waals surface area contributed by atoms with E-state index in [0.29, 0.717) is 53.8 Å². The smallest absolute Gasteiger partial charge is 0.262 e. The van der Waals surface area contributed by atoms with Crippen LogP contribution in [-0.4, -0.2) is 60.1 Å². The molecule has 11 heteroatoms. The number of ether oxygens (including phenoxy) is 2. The quantitative estimate of drug-likeness (QED) is 0.0354. The number of imide groups is 1. The number of amides is 2. The van der Waals surface area contributed by atoms with Crippen molar-refractivity contribution in [1.29, 1.82) is 0 Å². The SMILES string of the molecule is C=C1CCC(N2C(=O)c3cccc(CCCCCCCCCOCCCCCOCCCc4cc(NC(=C=O)C(C)C5CCC(c6ccnc7c6C=C(P)CC7)CC5)ccc4Cl)c3C2=O)C(=C)N1. The Kier molecular flexibility index (Phi) is 19.7. The third-order valence-electron chi connectivity index (χ3n) is 14.7. The number of anilines is 1. The van der Waals surface area contributed by atoms with E-state index in [4.69, 9.17) is 21.1 Å². The Morgan fingerprint density at radius 1 is 0.838 bits per heavy atom. The summed E-state index contributed by atoms with van der Waals surface area (Å²) in [5, 5.41) is 8.65. The summed E-state index contributed by atoms with van der Waals surface area (Å²) in [6.07, 6.45) is 25.8. The van der Waals surface area contributed by atoms with Crippen LogP contribution in [0.2, 0.25) is 5.02 Å². The lowest BCUT2D eigenvalue weighted by molar-refractivity contribution is 0.0591. The van der Waals surface area contributed by atoms with Crippen molar-refractivity contribution in [3.63, 3.8) is 0 Å². The van der Waals surface area contributed by atoms with Gasteiger partial charge in [-0.15, -0.1) is 9.24 Å². The Balaban J connectivity index is 0.680. The summed E-state index contributed by atoms with van der Waals surface area (Å²) < 4.78 is 11.9. The van der Waals surface area contributed by atoms with Gasteiger partial charge in [-0.2, -0.15) is 0 Å². The van der Waals surface area contributed by atoms with Crippen LogP contribution in [0.1, 0.15) is 177 Å². The van der Waals surface area contributed by atoms with E-state index in [2.05, 4.69) is 69.1 Å². The van der Waals surface area contributed by atoms with Crippen LogP contribution in [0.4, 0.5) is 5.69 Å². The monoisotopic (exact) mass is 961 g/mol. The maximum Gasteiger partial charge on any atom is 0.262 e. The summed E-state index contributed by atoms with van der Waals surface area (Å²) in [5.41, 5.74) is 10.2. The highest BCUT2D eigenvalue weighted by molar-refractivity contribution is 7.22. The van der Waals surface area contributed by atoms with Gasteiger partial charge in [-0.1, -0.05) is 81.2 Å². The second-order valence-corrected chi connectivity index (χ2v) is 20.7. The topological polar surface area (TPSA) is 110 Å². The first-order valence-corrected chi connectivity index (χ1v) is 26.6. The van der Waals surface area contributed by atoms with Crippen molar-refractivity contribution in [2.24, 2.45) is 11.8 Å². The first kappa shape index (κ1) is 51.5. The summed E-state index contributed by atoms with van der Waals surface area (Å²) in [5.74, 6) is 2.91. The van der Waals surface area contributed by atoms with Gasteiger partial charge in [0.15, 0.2) is 0 Å². The third-order valence-corrected chi connectivity index (χ3v) is 15.6. The molecule has 2 fully saturated rings. The zero-order valence-electron chi connectivity index (χ0n) is 40.5. The highest BCUT2D eigenvalue weighted by Gasteiger charge is 2.43. The van der Waals surface area contributed by atoms with Crippen molar-refractivity contribution in [2.45, 2.75) is 154 Å². The molecule has 1 saturated heterocycles. The molecule has 68 heavy (non-hydrogen) atoms. The highest BCUT2D eigenvalue weighted by Crippen LogP contribution is 2.43. The molecule has 364 valence electrons. The molecular weight excluding hydrogens is 887 g/mol. The highest BCUT2D eigenvalue weighted by atomic mass is 35.5. The van der Waals surface area contributed by atoms with Crippen LogP contribution in [-0.2, 0) is 33.5 Å². The molecule has 9 nitrogen and oxygen atoms in total. The number of benzene rings is 2. The van der Waals surface area contributed by atoms with Gasteiger partial charge in [0.1, 0.15) is 11.6 Å². The number of allylic oxidation sites excluding steroid dienone is 3. The number of piperidine rings is 1. The molecule has 3 heterocycles. The second-order valence-electron chi connectivity index (χ2n) is 19.6. The first-order chi connectivity index (χ1) is 33.1. The number of nitrogens with zero attached hydrogens (tertiary/aromatic N) is 2. The van der Waals surface area contributed by atoms with Crippen LogP contribution in [0.15, 0.2) is 84.2 Å². The number of nitrogens with one attached hydrogen (secondary N) is 2. The van der Waals surface area contributed by atoms with E-state index >= 15 is 0 Å². The number of aromatic nitrogens is 1. The Morgan fingerprint density at radius 3 is 2.24 bits per heavy atom. The number of carbonyl (C=O) groups is 2. The molecule has 2 amide bonds. The fraction of sp³-hybridized carbons (Fsp3) is 0.526. The third kappa shape index (κ3) is 13.7. The molecule has 1 aromatic heterocycles. The second kappa shape index (κ2) is 26.0.